The average molecular weight is 292 g/mol. The zero-order valence-corrected chi connectivity index (χ0v) is 13.6. The van der Waals surface area contributed by atoms with Crippen LogP contribution in [0.2, 0.25) is 0 Å². The van der Waals surface area contributed by atoms with Crippen molar-refractivity contribution in [1.29, 1.82) is 0 Å². The largest absolute Gasteiger partial charge is 0.361 e. The van der Waals surface area contributed by atoms with E-state index in [0.29, 0.717) is 6.54 Å². The SMILES string of the molecule is CCCCC1CCC(C(=O)NCc2c(C)noc2C)CC1. The van der Waals surface area contributed by atoms with Crippen LogP contribution in [0.25, 0.3) is 0 Å². The number of amides is 1. The second kappa shape index (κ2) is 7.62. The summed E-state index contributed by atoms with van der Waals surface area (Å²) in [5.74, 6) is 2.04. The quantitative estimate of drug-likeness (QED) is 0.865. The first-order chi connectivity index (χ1) is 10.1. The van der Waals surface area contributed by atoms with E-state index < -0.39 is 0 Å². The maximum absolute atomic E-state index is 12.3. The molecule has 1 N–H and O–H groups in total. The first-order valence-corrected chi connectivity index (χ1v) is 8.31. The third-order valence-corrected chi connectivity index (χ3v) is 4.80. The molecule has 0 unspecified atom stereocenters. The van der Waals surface area contributed by atoms with Crippen molar-refractivity contribution in [2.45, 2.75) is 72.3 Å². The van der Waals surface area contributed by atoms with Crippen LogP contribution in [0.3, 0.4) is 0 Å². The van der Waals surface area contributed by atoms with E-state index in [0.717, 1.165) is 35.8 Å². The summed E-state index contributed by atoms with van der Waals surface area (Å²) < 4.78 is 5.12. The zero-order valence-electron chi connectivity index (χ0n) is 13.6. The number of hydrogen-bond acceptors (Lipinski definition) is 3. The maximum Gasteiger partial charge on any atom is 0.223 e. The van der Waals surface area contributed by atoms with Gasteiger partial charge >= 0.3 is 0 Å². The summed E-state index contributed by atoms with van der Waals surface area (Å²) in [5, 5.41) is 6.97. The molecule has 118 valence electrons. The predicted octanol–water partition coefficient (Wildman–Crippen LogP) is 3.90. The first-order valence-electron chi connectivity index (χ1n) is 8.31. The van der Waals surface area contributed by atoms with Crippen molar-refractivity contribution in [3.63, 3.8) is 0 Å². The highest BCUT2D eigenvalue weighted by Crippen LogP contribution is 2.32. The number of hydrogen-bond donors (Lipinski definition) is 1. The van der Waals surface area contributed by atoms with Crippen LogP contribution in [-0.4, -0.2) is 11.1 Å². The predicted molar refractivity (Wildman–Crippen MR) is 82.8 cm³/mol. The van der Waals surface area contributed by atoms with Gasteiger partial charge in [0.15, 0.2) is 0 Å². The van der Waals surface area contributed by atoms with E-state index in [1.807, 2.05) is 13.8 Å². The summed E-state index contributed by atoms with van der Waals surface area (Å²) in [6, 6.07) is 0. The van der Waals surface area contributed by atoms with Crippen molar-refractivity contribution < 1.29 is 9.32 Å². The van der Waals surface area contributed by atoms with Gasteiger partial charge in [0, 0.05) is 18.0 Å². The van der Waals surface area contributed by atoms with Crippen molar-refractivity contribution in [3.8, 4) is 0 Å². The van der Waals surface area contributed by atoms with E-state index in [4.69, 9.17) is 4.52 Å². The summed E-state index contributed by atoms with van der Waals surface area (Å²) in [4.78, 5) is 12.3. The lowest BCUT2D eigenvalue weighted by Gasteiger charge is -2.27. The molecular weight excluding hydrogens is 264 g/mol. The van der Waals surface area contributed by atoms with E-state index in [1.54, 1.807) is 0 Å². The fourth-order valence-electron chi connectivity index (χ4n) is 3.28. The molecule has 1 aromatic rings. The van der Waals surface area contributed by atoms with Crippen LogP contribution >= 0.6 is 0 Å². The molecule has 0 saturated heterocycles. The summed E-state index contributed by atoms with van der Waals surface area (Å²) in [6.45, 7) is 6.58. The average Bonchev–Trinajstić information content (AvgIpc) is 2.82. The number of nitrogens with zero attached hydrogens (tertiary/aromatic N) is 1. The molecule has 2 rings (SSSR count). The third-order valence-electron chi connectivity index (χ3n) is 4.80. The van der Waals surface area contributed by atoms with Crippen molar-refractivity contribution in [2.24, 2.45) is 11.8 Å². The minimum absolute atomic E-state index is 0.198. The van der Waals surface area contributed by atoms with Crippen molar-refractivity contribution in [2.75, 3.05) is 0 Å². The Kier molecular flexibility index (Phi) is 5.83. The number of carbonyl (C=O) groups is 1. The van der Waals surface area contributed by atoms with Crippen LogP contribution in [0.1, 0.15) is 68.9 Å². The van der Waals surface area contributed by atoms with Gasteiger partial charge in [0.25, 0.3) is 0 Å². The monoisotopic (exact) mass is 292 g/mol. The Morgan fingerprint density at radius 3 is 2.57 bits per heavy atom. The number of aromatic nitrogens is 1. The number of aryl methyl sites for hydroxylation is 2. The molecule has 0 aliphatic heterocycles. The van der Waals surface area contributed by atoms with E-state index in [9.17, 15) is 4.79 Å². The summed E-state index contributed by atoms with van der Waals surface area (Å²) >= 11 is 0. The third kappa shape index (κ3) is 4.32. The first kappa shape index (κ1) is 16.1. The van der Waals surface area contributed by atoms with Crippen molar-refractivity contribution in [1.82, 2.24) is 10.5 Å². The summed E-state index contributed by atoms with van der Waals surface area (Å²) in [7, 11) is 0. The van der Waals surface area contributed by atoms with Gasteiger partial charge in [-0.25, -0.2) is 0 Å². The van der Waals surface area contributed by atoms with Gasteiger partial charge in [0.05, 0.1) is 5.69 Å². The molecule has 0 radical (unpaired) electrons. The van der Waals surface area contributed by atoms with Gasteiger partial charge in [0.2, 0.25) is 5.91 Å². The summed E-state index contributed by atoms with van der Waals surface area (Å²) in [6.07, 6.45) is 8.45. The second-order valence-corrected chi connectivity index (χ2v) is 6.38. The van der Waals surface area contributed by atoms with Crippen molar-refractivity contribution >= 4 is 5.91 Å². The highest BCUT2D eigenvalue weighted by molar-refractivity contribution is 5.78. The van der Waals surface area contributed by atoms with Crippen molar-refractivity contribution in [3.05, 3.63) is 17.0 Å². The van der Waals surface area contributed by atoms with Crippen LogP contribution < -0.4 is 5.32 Å². The lowest BCUT2D eigenvalue weighted by Crippen LogP contribution is -2.33. The minimum Gasteiger partial charge on any atom is -0.361 e. The second-order valence-electron chi connectivity index (χ2n) is 6.38. The van der Waals surface area contributed by atoms with Gasteiger partial charge < -0.3 is 9.84 Å². The molecule has 1 heterocycles. The standard InChI is InChI=1S/C17H28N2O2/c1-4-5-6-14-7-9-15(10-8-14)17(20)18-11-16-12(2)19-21-13(16)3/h14-15H,4-11H2,1-3H3,(H,18,20). The van der Waals surface area contributed by atoms with Gasteiger partial charge in [-0.05, 0) is 45.4 Å². The Balaban J connectivity index is 1.75. The van der Waals surface area contributed by atoms with Crippen LogP contribution in [0.4, 0.5) is 0 Å². The van der Waals surface area contributed by atoms with E-state index in [2.05, 4.69) is 17.4 Å². The van der Waals surface area contributed by atoms with E-state index in [1.165, 1.54) is 32.1 Å². The van der Waals surface area contributed by atoms with Gasteiger partial charge in [-0.3, -0.25) is 4.79 Å². The molecule has 1 amide bonds. The summed E-state index contributed by atoms with van der Waals surface area (Å²) in [5.41, 5.74) is 1.89. The Bertz CT molecular complexity index is 440. The molecule has 0 aromatic carbocycles. The Hall–Kier alpha value is -1.32. The van der Waals surface area contributed by atoms with Crippen LogP contribution in [0.15, 0.2) is 4.52 Å². The van der Waals surface area contributed by atoms with Gasteiger partial charge in [-0.1, -0.05) is 31.3 Å². The molecule has 1 aliphatic rings. The molecule has 1 saturated carbocycles. The van der Waals surface area contributed by atoms with Crippen LogP contribution in [0, 0.1) is 25.7 Å². The highest BCUT2D eigenvalue weighted by Gasteiger charge is 2.26. The smallest absolute Gasteiger partial charge is 0.223 e. The topological polar surface area (TPSA) is 55.1 Å². The van der Waals surface area contributed by atoms with Gasteiger partial charge in [0.1, 0.15) is 5.76 Å². The molecule has 1 aromatic heterocycles. The zero-order chi connectivity index (χ0) is 15.2. The fourth-order valence-corrected chi connectivity index (χ4v) is 3.28. The molecule has 0 atom stereocenters. The number of nitrogens with one attached hydrogen (secondary N) is 1. The Labute approximate surface area is 127 Å². The Morgan fingerprint density at radius 1 is 1.29 bits per heavy atom. The molecule has 4 heteroatoms. The molecule has 0 spiro atoms. The number of carbonyl (C=O) groups excluding carboxylic acids is 1. The van der Waals surface area contributed by atoms with E-state index >= 15 is 0 Å². The lowest BCUT2D eigenvalue weighted by molar-refractivity contribution is -0.126. The van der Waals surface area contributed by atoms with Crippen LogP contribution in [-0.2, 0) is 11.3 Å². The van der Waals surface area contributed by atoms with E-state index in [-0.39, 0.29) is 11.8 Å². The van der Waals surface area contributed by atoms with Gasteiger partial charge in [-0.15, -0.1) is 0 Å². The molecule has 0 bridgehead atoms. The molecular formula is C17H28N2O2. The molecule has 1 aliphatic carbocycles. The maximum atomic E-state index is 12.3. The molecule has 4 nitrogen and oxygen atoms in total. The normalized spacial score (nSPS) is 22.2. The molecule has 1 fully saturated rings. The van der Waals surface area contributed by atoms with Crippen LogP contribution in [0.5, 0.6) is 0 Å². The number of rotatable bonds is 6. The minimum atomic E-state index is 0.198. The van der Waals surface area contributed by atoms with Gasteiger partial charge in [-0.2, -0.15) is 0 Å². The fraction of sp³-hybridized carbons (Fsp3) is 0.765. The Morgan fingerprint density at radius 2 is 2.00 bits per heavy atom. The lowest BCUT2D eigenvalue weighted by atomic mass is 9.79. The number of unbranched alkanes of at least 4 members (excludes halogenated alkanes) is 1. The highest BCUT2D eigenvalue weighted by atomic mass is 16.5. The molecule has 21 heavy (non-hydrogen) atoms.